The first-order chi connectivity index (χ1) is 14.2. The molecule has 152 valence electrons. The van der Waals surface area contributed by atoms with Gasteiger partial charge in [0.15, 0.2) is 11.5 Å². The van der Waals surface area contributed by atoms with E-state index in [4.69, 9.17) is 9.47 Å². The summed E-state index contributed by atoms with van der Waals surface area (Å²) >= 11 is 0. The van der Waals surface area contributed by atoms with E-state index in [1.807, 2.05) is 36.4 Å². The molecule has 0 aromatic heterocycles. The first-order valence-electron chi connectivity index (χ1n) is 9.96. The zero-order valence-corrected chi connectivity index (χ0v) is 16.2. The van der Waals surface area contributed by atoms with Gasteiger partial charge < -0.3 is 14.8 Å². The van der Waals surface area contributed by atoms with Gasteiger partial charge in [-0.1, -0.05) is 37.1 Å². The first kappa shape index (κ1) is 19.3. The summed E-state index contributed by atoms with van der Waals surface area (Å²) in [6.07, 6.45) is 4.46. The Morgan fingerprint density at radius 3 is 2.55 bits per heavy atom. The smallest absolute Gasteiger partial charge is 0.325 e. The van der Waals surface area contributed by atoms with Crippen molar-refractivity contribution >= 4 is 17.6 Å². The molecule has 0 saturated heterocycles. The van der Waals surface area contributed by atoms with Gasteiger partial charge >= 0.3 is 6.03 Å². The highest BCUT2D eigenvalue weighted by atomic mass is 16.7. The highest BCUT2D eigenvalue weighted by Crippen LogP contribution is 2.33. The van der Waals surface area contributed by atoms with Crippen LogP contribution in [0.1, 0.15) is 31.2 Å². The second-order valence-electron chi connectivity index (χ2n) is 7.40. The van der Waals surface area contributed by atoms with Gasteiger partial charge in [-0.15, -0.1) is 0 Å². The lowest BCUT2D eigenvalue weighted by Crippen LogP contribution is -2.44. The lowest BCUT2D eigenvalue weighted by molar-refractivity contribution is -0.121. The number of anilines is 1. The van der Waals surface area contributed by atoms with E-state index in [-0.39, 0.29) is 19.2 Å². The van der Waals surface area contributed by atoms with E-state index in [1.54, 1.807) is 12.1 Å². The van der Waals surface area contributed by atoms with E-state index < -0.39 is 6.03 Å². The molecule has 2 N–H and O–H groups in total. The fourth-order valence-electron chi connectivity index (χ4n) is 3.89. The van der Waals surface area contributed by atoms with E-state index in [2.05, 4.69) is 15.5 Å². The Morgan fingerprint density at radius 1 is 1.00 bits per heavy atom. The third-order valence-corrected chi connectivity index (χ3v) is 5.30. The Morgan fingerprint density at radius 2 is 1.76 bits per heavy atom. The van der Waals surface area contributed by atoms with Crippen LogP contribution in [0.25, 0.3) is 0 Å². The van der Waals surface area contributed by atoms with Crippen LogP contribution in [0, 0.1) is 0 Å². The number of fused-ring (bicyclic) bond motifs is 1. The summed E-state index contributed by atoms with van der Waals surface area (Å²) in [5.74, 6) is 1.17. The van der Waals surface area contributed by atoms with Crippen molar-refractivity contribution < 1.29 is 19.1 Å². The SMILES string of the molecule is O=C(CN(Cc1ccc2c(c1)OCO2)C1CCCC1)NC(=O)Nc1ccccc1. The molecule has 1 saturated carbocycles. The molecule has 29 heavy (non-hydrogen) atoms. The van der Waals surface area contributed by atoms with Crippen molar-refractivity contribution in [2.75, 3.05) is 18.7 Å². The lowest BCUT2D eigenvalue weighted by atomic mass is 10.1. The molecule has 4 rings (SSSR count). The maximum atomic E-state index is 12.5. The topological polar surface area (TPSA) is 79.9 Å². The van der Waals surface area contributed by atoms with Gasteiger partial charge in [0.2, 0.25) is 12.7 Å². The summed E-state index contributed by atoms with van der Waals surface area (Å²) in [5, 5.41) is 5.11. The number of benzene rings is 2. The van der Waals surface area contributed by atoms with Crippen molar-refractivity contribution in [3.63, 3.8) is 0 Å². The molecule has 2 aromatic rings. The summed E-state index contributed by atoms with van der Waals surface area (Å²) in [6, 6.07) is 14.7. The number of rotatable bonds is 6. The number of carbonyl (C=O) groups is 2. The number of ether oxygens (including phenoxy) is 2. The predicted molar refractivity (Wildman–Crippen MR) is 109 cm³/mol. The molecule has 7 nitrogen and oxygen atoms in total. The Kier molecular flexibility index (Phi) is 5.95. The van der Waals surface area contributed by atoms with Gasteiger partial charge in [-0.05, 0) is 42.7 Å². The van der Waals surface area contributed by atoms with E-state index in [9.17, 15) is 9.59 Å². The minimum atomic E-state index is -0.518. The standard InChI is InChI=1S/C22H25N3O4/c26-21(24-22(27)23-17-6-2-1-3-7-17)14-25(18-8-4-5-9-18)13-16-10-11-19-20(12-16)29-15-28-19/h1-3,6-7,10-12,18H,4-5,8-9,13-15H2,(H2,23,24,26,27). The number of amides is 3. The molecule has 0 radical (unpaired) electrons. The van der Waals surface area contributed by atoms with Crippen LogP contribution in [0.4, 0.5) is 10.5 Å². The normalized spacial score (nSPS) is 15.5. The molecule has 1 heterocycles. The van der Waals surface area contributed by atoms with Crippen LogP contribution >= 0.6 is 0 Å². The fraction of sp³-hybridized carbons (Fsp3) is 0.364. The third-order valence-electron chi connectivity index (χ3n) is 5.30. The minimum absolute atomic E-state index is 0.168. The van der Waals surface area contributed by atoms with Crippen molar-refractivity contribution in [2.24, 2.45) is 0 Å². The Hall–Kier alpha value is -3.06. The van der Waals surface area contributed by atoms with E-state index >= 15 is 0 Å². The molecule has 0 bridgehead atoms. The minimum Gasteiger partial charge on any atom is -0.454 e. The summed E-state index contributed by atoms with van der Waals surface area (Å²) in [6.45, 7) is 1.03. The number of nitrogens with zero attached hydrogens (tertiary/aromatic N) is 1. The first-order valence-corrected chi connectivity index (χ1v) is 9.96. The lowest BCUT2D eigenvalue weighted by Gasteiger charge is -2.28. The van der Waals surface area contributed by atoms with Gasteiger partial charge in [-0.2, -0.15) is 0 Å². The van der Waals surface area contributed by atoms with Gasteiger partial charge in [0.25, 0.3) is 0 Å². The van der Waals surface area contributed by atoms with Crippen LogP contribution < -0.4 is 20.1 Å². The van der Waals surface area contributed by atoms with Crippen LogP contribution in [0.3, 0.4) is 0 Å². The van der Waals surface area contributed by atoms with Gasteiger partial charge in [0, 0.05) is 18.3 Å². The van der Waals surface area contributed by atoms with Gasteiger partial charge in [0.1, 0.15) is 0 Å². The maximum absolute atomic E-state index is 12.5. The molecular formula is C22H25N3O4. The molecule has 1 aliphatic heterocycles. The highest BCUT2D eigenvalue weighted by molar-refractivity contribution is 6.01. The molecule has 2 aromatic carbocycles. The van der Waals surface area contributed by atoms with Crippen LogP contribution in [0.15, 0.2) is 48.5 Å². The number of nitrogens with one attached hydrogen (secondary N) is 2. The number of carbonyl (C=O) groups excluding carboxylic acids is 2. The maximum Gasteiger partial charge on any atom is 0.325 e. The molecule has 7 heteroatoms. The van der Waals surface area contributed by atoms with E-state index in [0.717, 1.165) is 29.9 Å². The number of urea groups is 1. The summed E-state index contributed by atoms with van der Waals surface area (Å²) in [7, 11) is 0. The molecule has 2 aliphatic rings. The summed E-state index contributed by atoms with van der Waals surface area (Å²) in [4.78, 5) is 26.8. The van der Waals surface area contributed by atoms with E-state index in [0.29, 0.717) is 18.3 Å². The third kappa shape index (κ3) is 5.06. The quantitative estimate of drug-likeness (QED) is 0.782. The molecule has 3 amide bonds. The van der Waals surface area contributed by atoms with Crippen molar-refractivity contribution in [2.45, 2.75) is 38.3 Å². The Balaban J connectivity index is 1.37. The predicted octanol–water partition coefficient (Wildman–Crippen LogP) is 3.51. The monoisotopic (exact) mass is 395 g/mol. The zero-order chi connectivity index (χ0) is 20.1. The Bertz CT molecular complexity index is 866. The Labute approximate surface area is 170 Å². The van der Waals surface area contributed by atoms with E-state index in [1.165, 1.54) is 12.8 Å². The molecule has 1 aliphatic carbocycles. The molecule has 0 atom stereocenters. The molecule has 0 unspecified atom stereocenters. The number of hydrogen-bond acceptors (Lipinski definition) is 5. The molecule has 0 spiro atoms. The molecule has 1 fully saturated rings. The number of imide groups is 1. The second-order valence-corrected chi connectivity index (χ2v) is 7.40. The second kappa shape index (κ2) is 8.96. The van der Waals surface area contributed by atoms with Crippen molar-refractivity contribution in [1.82, 2.24) is 10.2 Å². The number of para-hydroxylation sites is 1. The van der Waals surface area contributed by atoms with Gasteiger partial charge in [0.05, 0.1) is 6.54 Å². The van der Waals surface area contributed by atoms with Crippen molar-refractivity contribution in [1.29, 1.82) is 0 Å². The summed E-state index contributed by atoms with van der Waals surface area (Å²) < 4.78 is 10.8. The number of hydrogen-bond donors (Lipinski definition) is 2. The van der Waals surface area contributed by atoms with Crippen molar-refractivity contribution in [3.05, 3.63) is 54.1 Å². The zero-order valence-electron chi connectivity index (χ0n) is 16.2. The molecular weight excluding hydrogens is 370 g/mol. The van der Waals surface area contributed by atoms with Crippen molar-refractivity contribution in [3.8, 4) is 11.5 Å². The largest absolute Gasteiger partial charge is 0.454 e. The van der Waals surface area contributed by atoms with Gasteiger partial charge in [-0.25, -0.2) is 4.79 Å². The fourth-order valence-corrected chi connectivity index (χ4v) is 3.89. The summed E-state index contributed by atoms with van der Waals surface area (Å²) in [5.41, 5.74) is 1.70. The van der Waals surface area contributed by atoms with Crippen LogP contribution in [0.5, 0.6) is 11.5 Å². The van der Waals surface area contributed by atoms with Crippen LogP contribution in [-0.4, -0.2) is 36.2 Å². The van der Waals surface area contributed by atoms with Gasteiger partial charge in [-0.3, -0.25) is 15.0 Å². The highest BCUT2D eigenvalue weighted by Gasteiger charge is 2.26. The van der Waals surface area contributed by atoms with Crippen LogP contribution in [-0.2, 0) is 11.3 Å². The average Bonchev–Trinajstić information content (AvgIpc) is 3.40. The van der Waals surface area contributed by atoms with Crippen LogP contribution in [0.2, 0.25) is 0 Å². The average molecular weight is 395 g/mol.